The van der Waals surface area contributed by atoms with Crippen LogP contribution in [-0.4, -0.2) is 30.9 Å². The van der Waals surface area contributed by atoms with Crippen LogP contribution in [0, 0.1) is 0 Å². The van der Waals surface area contributed by atoms with Crippen LogP contribution in [0.25, 0.3) is 0 Å². The van der Waals surface area contributed by atoms with E-state index in [1.807, 2.05) is 0 Å². The zero-order valence-electron chi connectivity index (χ0n) is 8.21. The summed E-state index contributed by atoms with van der Waals surface area (Å²) >= 11 is 0. The monoisotopic (exact) mass is 199 g/mol. The summed E-state index contributed by atoms with van der Waals surface area (Å²) in [6.45, 7) is 1.24. The van der Waals surface area contributed by atoms with Crippen LogP contribution in [0.15, 0.2) is 0 Å². The maximum atomic E-state index is 11.5. The van der Waals surface area contributed by atoms with Crippen molar-refractivity contribution in [1.82, 2.24) is 10.6 Å². The number of hydrogen-bond acceptors (Lipinski definition) is 3. The minimum atomic E-state index is -0.387. The molecular weight excluding hydrogens is 182 g/mol. The first-order valence-electron chi connectivity index (χ1n) is 4.99. The highest BCUT2D eigenvalue weighted by Gasteiger charge is 2.19. The highest BCUT2D eigenvalue weighted by molar-refractivity contribution is 5.82. The van der Waals surface area contributed by atoms with Crippen LogP contribution in [-0.2, 0) is 9.59 Å². The number of carbonyl (C=O) groups is 2. The predicted octanol–water partition coefficient (Wildman–Crippen LogP) is -0.880. The van der Waals surface area contributed by atoms with Gasteiger partial charge in [0, 0.05) is 13.0 Å². The van der Waals surface area contributed by atoms with Crippen molar-refractivity contribution in [1.29, 1.82) is 0 Å². The summed E-state index contributed by atoms with van der Waals surface area (Å²) < 4.78 is 0. The number of rotatable bonds is 4. The lowest BCUT2D eigenvalue weighted by molar-refractivity contribution is -0.123. The third-order valence-electron chi connectivity index (χ3n) is 2.30. The van der Waals surface area contributed by atoms with Gasteiger partial charge in [-0.1, -0.05) is 6.42 Å². The Kier molecular flexibility index (Phi) is 4.39. The van der Waals surface area contributed by atoms with Crippen LogP contribution < -0.4 is 16.4 Å². The van der Waals surface area contributed by atoms with E-state index in [4.69, 9.17) is 5.73 Å². The van der Waals surface area contributed by atoms with Crippen LogP contribution in [0.3, 0.4) is 0 Å². The summed E-state index contributed by atoms with van der Waals surface area (Å²) in [5.41, 5.74) is 4.95. The Balaban J connectivity index is 2.16. The first-order valence-corrected chi connectivity index (χ1v) is 4.99. The number of amides is 2. The Bertz CT molecular complexity index is 212. The van der Waals surface area contributed by atoms with Gasteiger partial charge in [0.1, 0.15) is 0 Å². The molecule has 14 heavy (non-hydrogen) atoms. The van der Waals surface area contributed by atoms with Crippen molar-refractivity contribution in [3.63, 3.8) is 0 Å². The summed E-state index contributed by atoms with van der Waals surface area (Å²) in [7, 11) is 0. The highest BCUT2D eigenvalue weighted by Crippen LogP contribution is 2.06. The summed E-state index contributed by atoms with van der Waals surface area (Å²) in [4.78, 5) is 21.9. The van der Waals surface area contributed by atoms with Crippen molar-refractivity contribution in [2.45, 2.75) is 31.7 Å². The van der Waals surface area contributed by atoms with Gasteiger partial charge in [-0.2, -0.15) is 0 Å². The Morgan fingerprint density at radius 2 is 2.21 bits per heavy atom. The molecule has 2 amide bonds. The van der Waals surface area contributed by atoms with Crippen molar-refractivity contribution < 1.29 is 9.59 Å². The van der Waals surface area contributed by atoms with E-state index in [-0.39, 0.29) is 24.3 Å². The lowest BCUT2D eigenvalue weighted by Gasteiger charge is -2.22. The Hall–Kier alpha value is -1.10. The molecular formula is C9H17N3O2. The Morgan fingerprint density at radius 1 is 1.43 bits per heavy atom. The number of carbonyl (C=O) groups excluding carboxylic acids is 2. The molecule has 1 saturated heterocycles. The second kappa shape index (κ2) is 5.59. The lowest BCUT2D eigenvalue weighted by Crippen LogP contribution is -2.47. The van der Waals surface area contributed by atoms with Crippen LogP contribution in [0.5, 0.6) is 0 Å². The van der Waals surface area contributed by atoms with Crippen molar-refractivity contribution in [2.24, 2.45) is 5.73 Å². The van der Waals surface area contributed by atoms with Crippen LogP contribution in [0.2, 0.25) is 0 Å². The van der Waals surface area contributed by atoms with Gasteiger partial charge in [-0.25, -0.2) is 0 Å². The smallest absolute Gasteiger partial charge is 0.237 e. The van der Waals surface area contributed by atoms with Crippen molar-refractivity contribution in [3.8, 4) is 0 Å². The van der Waals surface area contributed by atoms with Gasteiger partial charge in [-0.3, -0.25) is 9.59 Å². The minimum absolute atomic E-state index is 0.0223. The van der Waals surface area contributed by atoms with Gasteiger partial charge < -0.3 is 16.4 Å². The third kappa shape index (κ3) is 3.74. The largest absolute Gasteiger partial charge is 0.370 e. The molecule has 0 saturated carbocycles. The first-order chi connectivity index (χ1) is 6.70. The van der Waals surface area contributed by atoms with E-state index < -0.39 is 0 Å². The molecule has 1 fully saturated rings. The molecule has 1 aliphatic rings. The lowest BCUT2D eigenvalue weighted by atomic mass is 10.0. The SMILES string of the molecule is NC(=O)CCNC(=O)[C@H]1CCCCN1. The van der Waals surface area contributed by atoms with Crippen LogP contribution in [0.4, 0.5) is 0 Å². The van der Waals surface area contributed by atoms with Gasteiger partial charge in [0.25, 0.3) is 0 Å². The standard InChI is InChI=1S/C9H17N3O2/c10-8(13)4-6-12-9(14)7-3-1-2-5-11-7/h7,11H,1-6H2,(H2,10,13)(H,12,14)/t7-/m1/s1. The summed E-state index contributed by atoms with van der Waals surface area (Å²) in [6.07, 6.45) is 3.30. The van der Waals surface area contributed by atoms with Gasteiger partial charge in [0.2, 0.25) is 11.8 Å². The summed E-state index contributed by atoms with van der Waals surface area (Å²) in [5, 5.41) is 5.81. The molecule has 0 aromatic carbocycles. The minimum Gasteiger partial charge on any atom is -0.370 e. The zero-order valence-corrected chi connectivity index (χ0v) is 8.21. The average molecular weight is 199 g/mol. The van der Waals surface area contributed by atoms with Gasteiger partial charge in [-0.05, 0) is 19.4 Å². The van der Waals surface area contributed by atoms with Gasteiger partial charge in [0.15, 0.2) is 0 Å². The number of nitrogens with one attached hydrogen (secondary N) is 2. The molecule has 1 aliphatic heterocycles. The average Bonchev–Trinajstić information content (AvgIpc) is 2.18. The quantitative estimate of drug-likeness (QED) is 0.549. The third-order valence-corrected chi connectivity index (χ3v) is 2.30. The molecule has 0 bridgehead atoms. The van der Waals surface area contributed by atoms with E-state index in [9.17, 15) is 9.59 Å². The number of hydrogen-bond donors (Lipinski definition) is 3. The van der Waals surface area contributed by atoms with E-state index in [1.165, 1.54) is 0 Å². The van der Waals surface area contributed by atoms with E-state index in [1.54, 1.807) is 0 Å². The Labute approximate surface area is 83.4 Å². The Morgan fingerprint density at radius 3 is 2.79 bits per heavy atom. The van der Waals surface area contributed by atoms with Crippen molar-refractivity contribution in [3.05, 3.63) is 0 Å². The van der Waals surface area contributed by atoms with Crippen molar-refractivity contribution >= 4 is 11.8 Å². The molecule has 1 rings (SSSR count). The van der Waals surface area contributed by atoms with E-state index in [0.29, 0.717) is 6.54 Å². The van der Waals surface area contributed by atoms with E-state index in [2.05, 4.69) is 10.6 Å². The second-order valence-corrected chi connectivity index (χ2v) is 3.51. The van der Waals surface area contributed by atoms with Gasteiger partial charge >= 0.3 is 0 Å². The molecule has 0 spiro atoms. The predicted molar refractivity (Wildman–Crippen MR) is 52.5 cm³/mol. The summed E-state index contributed by atoms with van der Waals surface area (Å²) in [5.74, 6) is -0.409. The fourth-order valence-electron chi connectivity index (χ4n) is 1.51. The molecule has 0 aliphatic carbocycles. The van der Waals surface area contributed by atoms with E-state index >= 15 is 0 Å². The number of primary amides is 1. The molecule has 1 atom stereocenters. The highest BCUT2D eigenvalue weighted by atomic mass is 16.2. The van der Waals surface area contributed by atoms with Crippen LogP contribution in [0.1, 0.15) is 25.7 Å². The maximum Gasteiger partial charge on any atom is 0.237 e. The second-order valence-electron chi connectivity index (χ2n) is 3.51. The zero-order chi connectivity index (χ0) is 10.4. The molecule has 4 N–H and O–H groups in total. The molecule has 80 valence electrons. The molecule has 0 unspecified atom stereocenters. The molecule has 5 heteroatoms. The fourth-order valence-corrected chi connectivity index (χ4v) is 1.51. The number of nitrogens with two attached hydrogens (primary N) is 1. The summed E-state index contributed by atoms with van der Waals surface area (Å²) in [6, 6.07) is -0.0865. The molecule has 0 radical (unpaired) electrons. The topological polar surface area (TPSA) is 84.2 Å². The number of piperidine rings is 1. The maximum absolute atomic E-state index is 11.5. The normalized spacial score (nSPS) is 21.6. The molecule has 5 nitrogen and oxygen atoms in total. The molecule has 0 aromatic heterocycles. The molecule has 1 heterocycles. The van der Waals surface area contributed by atoms with Crippen LogP contribution >= 0.6 is 0 Å². The first kappa shape index (κ1) is 11.0. The fraction of sp³-hybridized carbons (Fsp3) is 0.778. The molecule has 0 aromatic rings. The van der Waals surface area contributed by atoms with Gasteiger partial charge in [0.05, 0.1) is 6.04 Å². The van der Waals surface area contributed by atoms with Crippen molar-refractivity contribution in [2.75, 3.05) is 13.1 Å². The van der Waals surface area contributed by atoms with Gasteiger partial charge in [-0.15, -0.1) is 0 Å². The van der Waals surface area contributed by atoms with E-state index in [0.717, 1.165) is 25.8 Å².